The van der Waals surface area contributed by atoms with Gasteiger partial charge in [-0.15, -0.1) is 11.3 Å². The van der Waals surface area contributed by atoms with Gasteiger partial charge in [0, 0.05) is 23.4 Å². The number of aromatic nitrogens is 2. The van der Waals surface area contributed by atoms with Crippen molar-refractivity contribution in [3.63, 3.8) is 0 Å². The van der Waals surface area contributed by atoms with Gasteiger partial charge in [0.1, 0.15) is 16.2 Å². The van der Waals surface area contributed by atoms with E-state index in [1.807, 2.05) is 11.8 Å². The second-order valence-electron chi connectivity index (χ2n) is 6.23. The Hall–Kier alpha value is -1.14. The highest BCUT2D eigenvalue weighted by atomic mass is 32.2. The molecule has 1 fully saturated rings. The molecule has 1 atom stereocenters. The van der Waals surface area contributed by atoms with Gasteiger partial charge in [-0.25, -0.2) is 9.97 Å². The van der Waals surface area contributed by atoms with Crippen LogP contribution in [0.15, 0.2) is 17.4 Å². The van der Waals surface area contributed by atoms with Crippen LogP contribution in [0.25, 0.3) is 10.2 Å². The van der Waals surface area contributed by atoms with Gasteiger partial charge in [0.15, 0.2) is 0 Å². The zero-order valence-corrected chi connectivity index (χ0v) is 15.5. The van der Waals surface area contributed by atoms with Crippen molar-refractivity contribution in [2.24, 2.45) is 5.92 Å². The maximum Gasteiger partial charge on any atom is 0.235 e. The first-order valence-electron chi connectivity index (χ1n) is 8.27. The van der Waals surface area contributed by atoms with Gasteiger partial charge < -0.3 is 4.90 Å². The lowest BCUT2D eigenvalue weighted by Gasteiger charge is -2.32. The summed E-state index contributed by atoms with van der Waals surface area (Å²) in [7, 11) is 0. The molecule has 0 spiro atoms. The van der Waals surface area contributed by atoms with E-state index in [4.69, 9.17) is 0 Å². The zero-order chi connectivity index (χ0) is 16.4. The monoisotopic (exact) mass is 349 g/mol. The number of thiophene rings is 1. The molecule has 1 saturated heterocycles. The smallest absolute Gasteiger partial charge is 0.235 e. The van der Waals surface area contributed by atoms with Crippen LogP contribution in [0.2, 0.25) is 0 Å². The maximum absolute atomic E-state index is 12.7. The molecule has 0 aromatic carbocycles. The predicted molar refractivity (Wildman–Crippen MR) is 97.1 cm³/mol. The van der Waals surface area contributed by atoms with Gasteiger partial charge in [0.2, 0.25) is 5.91 Å². The molecule has 0 bridgehead atoms. The Labute approximate surface area is 145 Å². The molecule has 1 unspecified atom stereocenters. The molecule has 0 N–H and O–H groups in total. The summed E-state index contributed by atoms with van der Waals surface area (Å²) in [6, 6.07) is 2.17. The summed E-state index contributed by atoms with van der Waals surface area (Å²) in [6.45, 7) is 8.19. The van der Waals surface area contributed by atoms with Crippen molar-refractivity contribution in [1.29, 1.82) is 0 Å². The standard InChI is InChI=1S/C17H23N3OS2/c1-4-13-9-14-15(18-10-19-16(14)23-13)22-12(3)17(21)20-7-5-11(2)6-8-20/h9-12H,4-8H2,1-3H3. The SMILES string of the molecule is CCc1cc2c(SC(C)C(=O)N3CCC(C)CC3)ncnc2s1. The number of aryl methyl sites for hydroxylation is 1. The number of hydrogen-bond donors (Lipinski definition) is 0. The van der Waals surface area contributed by atoms with E-state index in [-0.39, 0.29) is 11.2 Å². The van der Waals surface area contributed by atoms with Crippen molar-refractivity contribution in [3.05, 3.63) is 17.3 Å². The van der Waals surface area contributed by atoms with Crippen LogP contribution in [0.4, 0.5) is 0 Å². The molecule has 1 amide bonds. The number of nitrogens with zero attached hydrogens (tertiary/aromatic N) is 3. The van der Waals surface area contributed by atoms with Gasteiger partial charge in [-0.3, -0.25) is 4.79 Å². The molecule has 0 aliphatic carbocycles. The number of thioether (sulfide) groups is 1. The van der Waals surface area contributed by atoms with E-state index in [2.05, 4.69) is 29.9 Å². The Bertz CT molecular complexity index is 692. The number of carbonyl (C=O) groups is 1. The highest BCUT2D eigenvalue weighted by Crippen LogP contribution is 2.33. The number of hydrogen-bond acceptors (Lipinski definition) is 5. The Morgan fingerprint density at radius 1 is 1.43 bits per heavy atom. The first kappa shape index (κ1) is 16.7. The second-order valence-corrected chi connectivity index (χ2v) is 8.68. The van der Waals surface area contributed by atoms with Crippen molar-refractivity contribution >= 4 is 39.2 Å². The molecule has 1 aliphatic rings. The lowest BCUT2D eigenvalue weighted by atomic mass is 9.99. The fourth-order valence-corrected chi connectivity index (χ4v) is 4.83. The average Bonchev–Trinajstić information content (AvgIpc) is 2.99. The Kier molecular flexibility index (Phi) is 5.21. The first-order valence-corrected chi connectivity index (χ1v) is 9.97. The third-order valence-corrected chi connectivity index (χ3v) is 6.71. The van der Waals surface area contributed by atoms with Crippen LogP contribution >= 0.6 is 23.1 Å². The molecule has 2 aromatic rings. The third-order valence-electron chi connectivity index (χ3n) is 4.42. The van der Waals surface area contributed by atoms with E-state index in [1.54, 1.807) is 29.4 Å². The summed E-state index contributed by atoms with van der Waals surface area (Å²) >= 11 is 3.28. The fourth-order valence-electron chi connectivity index (χ4n) is 2.86. The normalized spacial score (nSPS) is 17.6. The van der Waals surface area contributed by atoms with Gasteiger partial charge in [-0.1, -0.05) is 25.6 Å². The maximum atomic E-state index is 12.7. The number of carbonyl (C=O) groups excluding carboxylic acids is 1. The van der Waals surface area contributed by atoms with E-state index in [0.717, 1.165) is 53.5 Å². The molecule has 23 heavy (non-hydrogen) atoms. The van der Waals surface area contributed by atoms with E-state index in [1.165, 1.54) is 4.88 Å². The van der Waals surface area contributed by atoms with Crippen molar-refractivity contribution in [1.82, 2.24) is 14.9 Å². The highest BCUT2D eigenvalue weighted by Gasteiger charge is 2.26. The van der Waals surface area contributed by atoms with Gasteiger partial charge in [-0.05, 0) is 38.2 Å². The number of amides is 1. The topological polar surface area (TPSA) is 46.1 Å². The summed E-state index contributed by atoms with van der Waals surface area (Å²) in [6.07, 6.45) is 4.85. The van der Waals surface area contributed by atoms with E-state index in [0.29, 0.717) is 0 Å². The number of fused-ring (bicyclic) bond motifs is 1. The molecule has 0 saturated carbocycles. The zero-order valence-electron chi connectivity index (χ0n) is 13.9. The molecular weight excluding hydrogens is 326 g/mol. The second kappa shape index (κ2) is 7.18. The highest BCUT2D eigenvalue weighted by molar-refractivity contribution is 8.00. The summed E-state index contributed by atoms with van der Waals surface area (Å²) in [5.74, 6) is 0.973. The number of piperidine rings is 1. The Morgan fingerprint density at radius 3 is 2.87 bits per heavy atom. The third kappa shape index (κ3) is 3.69. The van der Waals surface area contributed by atoms with E-state index in [9.17, 15) is 4.79 Å². The van der Waals surface area contributed by atoms with Crippen LogP contribution in [-0.2, 0) is 11.2 Å². The van der Waals surface area contributed by atoms with Gasteiger partial charge in [0.25, 0.3) is 0 Å². The molecule has 124 valence electrons. The minimum absolute atomic E-state index is 0.105. The fraction of sp³-hybridized carbons (Fsp3) is 0.588. The van der Waals surface area contributed by atoms with Crippen LogP contribution in [0.5, 0.6) is 0 Å². The molecule has 2 aromatic heterocycles. The Morgan fingerprint density at radius 2 is 2.17 bits per heavy atom. The quantitative estimate of drug-likeness (QED) is 0.618. The molecular formula is C17H23N3OS2. The van der Waals surface area contributed by atoms with Gasteiger partial charge >= 0.3 is 0 Å². The lowest BCUT2D eigenvalue weighted by Crippen LogP contribution is -2.41. The lowest BCUT2D eigenvalue weighted by molar-refractivity contribution is -0.131. The molecule has 3 rings (SSSR count). The summed E-state index contributed by atoms with van der Waals surface area (Å²) in [4.78, 5) is 25.8. The molecule has 6 heteroatoms. The summed E-state index contributed by atoms with van der Waals surface area (Å²) < 4.78 is 0. The van der Waals surface area contributed by atoms with Crippen molar-refractivity contribution in [3.8, 4) is 0 Å². The summed E-state index contributed by atoms with van der Waals surface area (Å²) in [5, 5.41) is 1.91. The Balaban J connectivity index is 1.73. The van der Waals surface area contributed by atoms with E-state index < -0.39 is 0 Å². The molecule has 4 nitrogen and oxygen atoms in total. The minimum atomic E-state index is -0.105. The first-order chi connectivity index (χ1) is 11.1. The van der Waals surface area contributed by atoms with Gasteiger partial charge in [-0.2, -0.15) is 0 Å². The van der Waals surface area contributed by atoms with Crippen LogP contribution in [0.1, 0.15) is 38.5 Å². The summed E-state index contributed by atoms with van der Waals surface area (Å²) in [5.41, 5.74) is 0. The molecule has 0 radical (unpaired) electrons. The minimum Gasteiger partial charge on any atom is -0.342 e. The van der Waals surface area contributed by atoms with Crippen LogP contribution in [0.3, 0.4) is 0 Å². The number of likely N-dealkylation sites (tertiary alicyclic amines) is 1. The largest absolute Gasteiger partial charge is 0.342 e. The predicted octanol–water partition coefficient (Wildman–Crippen LogP) is 3.99. The number of rotatable bonds is 4. The van der Waals surface area contributed by atoms with Crippen LogP contribution < -0.4 is 0 Å². The van der Waals surface area contributed by atoms with Gasteiger partial charge in [0.05, 0.1) is 5.25 Å². The van der Waals surface area contributed by atoms with Crippen LogP contribution in [0, 0.1) is 5.92 Å². The molecule has 1 aliphatic heterocycles. The molecule has 3 heterocycles. The van der Waals surface area contributed by atoms with Crippen molar-refractivity contribution in [2.45, 2.75) is 50.3 Å². The van der Waals surface area contributed by atoms with Crippen molar-refractivity contribution in [2.75, 3.05) is 13.1 Å². The van der Waals surface area contributed by atoms with Crippen LogP contribution in [-0.4, -0.2) is 39.1 Å². The average molecular weight is 350 g/mol. The van der Waals surface area contributed by atoms with E-state index >= 15 is 0 Å². The van der Waals surface area contributed by atoms with Crippen molar-refractivity contribution < 1.29 is 4.79 Å².